The second kappa shape index (κ2) is 3.52. The van der Waals surface area contributed by atoms with Crippen molar-refractivity contribution >= 4 is 0 Å². The first-order valence-electron chi connectivity index (χ1n) is 4.28. The summed E-state index contributed by atoms with van der Waals surface area (Å²) in [7, 11) is 0. The average Bonchev–Trinajstić information content (AvgIpc) is 2.66. The van der Waals surface area contributed by atoms with E-state index in [0.29, 0.717) is 24.7 Å². The van der Waals surface area contributed by atoms with E-state index in [9.17, 15) is 0 Å². The van der Waals surface area contributed by atoms with Crippen LogP contribution in [0, 0.1) is 5.92 Å². The first-order chi connectivity index (χ1) is 5.16. The summed E-state index contributed by atoms with van der Waals surface area (Å²) in [5.41, 5.74) is 11.3. The minimum absolute atomic E-state index is 0.204. The van der Waals surface area contributed by atoms with Crippen molar-refractivity contribution in [3.05, 3.63) is 0 Å². The summed E-state index contributed by atoms with van der Waals surface area (Å²) in [5, 5.41) is 0. The van der Waals surface area contributed by atoms with Crippen LogP contribution in [-0.2, 0) is 4.74 Å². The summed E-state index contributed by atoms with van der Waals surface area (Å²) in [6, 6.07) is 0.204. The molecule has 4 atom stereocenters. The number of nitrogens with two attached hydrogens (primary N) is 2. The maximum absolute atomic E-state index is 5.87. The molecule has 0 saturated carbocycles. The molecule has 0 amide bonds. The van der Waals surface area contributed by atoms with Crippen molar-refractivity contribution in [1.29, 1.82) is 0 Å². The van der Waals surface area contributed by atoms with E-state index in [4.69, 9.17) is 16.2 Å². The number of hydrogen-bond donors (Lipinski definition) is 2. The molecule has 0 bridgehead atoms. The second-order valence-corrected chi connectivity index (χ2v) is 3.41. The fourth-order valence-electron chi connectivity index (χ4n) is 1.45. The van der Waals surface area contributed by atoms with Crippen molar-refractivity contribution in [2.24, 2.45) is 17.4 Å². The van der Waals surface area contributed by atoms with Gasteiger partial charge in [-0.25, -0.2) is 0 Å². The molecule has 1 aliphatic heterocycles. The van der Waals surface area contributed by atoms with E-state index in [-0.39, 0.29) is 6.04 Å². The normalized spacial score (nSPS) is 34.9. The van der Waals surface area contributed by atoms with Crippen molar-refractivity contribution in [3.8, 4) is 0 Å². The zero-order valence-corrected chi connectivity index (χ0v) is 7.29. The van der Waals surface area contributed by atoms with Crippen LogP contribution in [0.2, 0.25) is 0 Å². The lowest BCUT2D eigenvalue weighted by atomic mass is 9.95. The molecule has 3 nitrogen and oxygen atoms in total. The molecule has 1 aliphatic rings. The largest absolute Gasteiger partial charge is 0.370 e. The summed E-state index contributed by atoms with van der Waals surface area (Å²) in [4.78, 5) is 0. The minimum Gasteiger partial charge on any atom is -0.370 e. The molecule has 0 aromatic heterocycles. The molecule has 4 N–H and O–H groups in total. The fourth-order valence-corrected chi connectivity index (χ4v) is 1.45. The Bertz CT molecular complexity index is 129. The zero-order chi connectivity index (χ0) is 8.43. The van der Waals surface area contributed by atoms with Gasteiger partial charge in [0.2, 0.25) is 0 Å². The van der Waals surface area contributed by atoms with Crippen LogP contribution in [0.1, 0.15) is 20.3 Å². The van der Waals surface area contributed by atoms with Gasteiger partial charge in [0, 0.05) is 6.04 Å². The Morgan fingerprint density at radius 3 is 2.45 bits per heavy atom. The van der Waals surface area contributed by atoms with Crippen LogP contribution in [0.15, 0.2) is 0 Å². The summed E-state index contributed by atoms with van der Waals surface area (Å²) < 4.78 is 5.33. The van der Waals surface area contributed by atoms with Gasteiger partial charge >= 0.3 is 0 Å². The Morgan fingerprint density at radius 1 is 1.55 bits per heavy atom. The van der Waals surface area contributed by atoms with Crippen LogP contribution in [0.4, 0.5) is 0 Å². The highest BCUT2D eigenvalue weighted by Gasteiger charge is 2.40. The summed E-state index contributed by atoms with van der Waals surface area (Å²) in [5.74, 6) is 0.452. The van der Waals surface area contributed by atoms with E-state index in [0.717, 1.165) is 6.42 Å². The Morgan fingerprint density at radius 2 is 2.09 bits per heavy atom. The second-order valence-electron chi connectivity index (χ2n) is 3.41. The number of ether oxygens (including phenoxy) is 1. The van der Waals surface area contributed by atoms with Crippen LogP contribution in [0.5, 0.6) is 0 Å². The summed E-state index contributed by atoms with van der Waals surface area (Å²) in [6.45, 7) is 4.89. The third-order valence-corrected chi connectivity index (χ3v) is 2.45. The van der Waals surface area contributed by atoms with Gasteiger partial charge in [-0.1, -0.05) is 6.92 Å². The maximum Gasteiger partial charge on any atom is 0.0879 e. The van der Waals surface area contributed by atoms with Crippen LogP contribution < -0.4 is 11.5 Å². The highest BCUT2D eigenvalue weighted by molar-refractivity contribution is 4.90. The smallest absolute Gasteiger partial charge is 0.0879 e. The first kappa shape index (κ1) is 8.97. The predicted octanol–water partition coefficient (Wildman–Crippen LogP) is 0.0859. The molecule has 3 heteroatoms. The lowest BCUT2D eigenvalue weighted by molar-refractivity contribution is 0.297. The molecule has 1 heterocycles. The molecule has 0 spiro atoms. The van der Waals surface area contributed by atoms with Gasteiger partial charge in [-0.3, -0.25) is 0 Å². The molecule has 1 fully saturated rings. The van der Waals surface area contributed by atoms with E-state index in [1.807, 2.05) is 0 Å². The van der Waals surface area contributed by atoms with Crippen molar-refractivity contribution in [1.82, 2.24) is 0 Å². The molecule has 66 valence electrons. The SMILES string of the molecule is C[C@@H]1OC1[C@@H](C)[C@@H](N)CCN. The quantitative estimate of drug-likeness (QED) is 0.570. The van der Waals surface area contributed by atoms with E-state index in [1.54, 1.807) is 0 Å². The summed E-state index contributed by atoms with van der Waals surface area (Å²) >= 11 is 0. The van der Waals surface area contributed by atoms with Crippen molar-refractivity contribution < 1.29 is 4.74 Å². The first-order valence-corrected chi connectivity index (χ1v) is 4.28. The molecule has 0 aliphatic carbocycles. The van der Waals surface area contributed by atoms with Gasteiger partial charge in [0.15, 0.2) is 0 Å². The average molecular weight is 158 g/mol. The third kappa shape index (κ3) is 2.15. The number of rotatable bonds is 4. The highest BCUT2D eigenvalue weighted by Crippen LogP contribution is 2.30. The van der Waals surface area contributed by atoms with Gasteiger partial charge < -0.3 is 16.2 Å². The standard InChI is InChI=1S/C8H18N2O/c1-5(7(10)3-4-9)8-6(2)11-8/h5-8H,3-4,9-10H2,1-2H3/t5-,6-,7-,8?/m0/s1. The lowest BCUT2D eigenvalue weighted by Crippen LogP contribution is -2.34. The van der Waals surface area contributed by atoms with Gasteiger partial charge in [-0.05, 0) is 25.8 Å². The van der Waals surface area contributed by atoms with E-state index in [1.165, 1.54) is 0 Å². The van der Waals surface area contributed by atoms with Crippen LogP contribution in [-0.4, -0.2) is 24.8 Å². The monoisotopic (exact) mass is 158 g/mol. The van der Waals surface area contributed by atoms with E-state index >= 15 is 0 Å². The van der Waals surface area contributed by atoms with E-state index < -0.39 is 0 Å². The minimum atomic E-state index is 0.204. The Kier molecular flexibility index (Phi) is 2.87. The van der Waals surface area contributed by atoms with Crippen molar-refractivity contribution in [2.75, 3.05) is 6.54 Å². The molecular weight excluding hydrogens is 140 g/mol. The van der Waals surface area contributed by atoms with Gasteiger partial charge in [0.25, 0.3) is 0 Å². The fraction of sp³-hybridized carbons (Fsp3) is 1.00. The Labute approximate surface area is 68.1 Å². The van der Waals surface area contributed by atoms with Gasteiger partial charge in [-0.15, -0.1) is 0 Å². The highest BCUT2D eigenvalue weighted by atomic mass is 16.6. The Hall–Kier alpha value is -0.120. The van der Waals surface area contributed by atoms with Crippen molar-refractivity contribution in [2.45, 2.75) is 38.5 Å². The number of hydrogen-bond acceptors (Lipinski definition) is 3. The zero-order valence-electron chi connectivity index (χ0n) is 7.29. The van der Waals surface area contributed by atoms with Crippen molar-refractivity contribution in [3.63, 3.8) is 0 Å². The molecule has 0 aromatic carbocycles. The predicted molar refractivity (Wildman–Crippen MR) is 45.1 cm³/mol. The number of epoxide rings is 1. The topological polar surface area (TPSA) is 64.6 Å². The van der Waals surface area contributed by atoms with Gasteiger partial charge in [0.1, 0.15) is 0 Å². The molecule has 1 rings (SSSR count). The van der Waals surface area contributed by atoms with Crippen LogP contribution >= 0.6 is 0 Å². The van der Waals surface area contributed by atoms with E-state index in [2.05, 4.69) is 13.8 Å². The summed E-state index contributed by atoms with van der Waals surface area (Å²) in [6.07, 6.45) is 1.69. The molecular formula is C8H18N2O. The molecule has 11 heavy (non-hydrogen) atoms. The molecule has 1 saturated heterocycles. The molecule has 1 unspecified atom stereocenters. The molecule has 0 radical (unpaired) electrons. The van der Waals surface area contributed by atoms with Crippen LogP contribution in [0.25, 0.3) is 0 Å². The van der Waals surface area contributed by atoms with Crippen LogP contribution in [0.3, 0.4) is 0 Å². The van der Waals surface area contributed by atoms with Gasteiger partial charge in [-0.2, -0.15) is 0 Å². The molecule has 0 aromatic rings. The van der Waals surface area contributed by atoms with Gasteiger partial charge in [0.05, 0.1) is 12.2 Å². The maximum atomic E-state index is 5.87. The lowest BCUT2D eigenvalue weighted by Gasteiger charge is -2.16. The third-order valence-electron chi connectivity index (χ3n) is 2.45. The Balaban J connectivity index is 2.23.